The standard InChI is InChI=1S/C2H6NO2S/c1-3(2)6(4)5/h4H,1H2,2H3/q+1. The third-order valence-corrected chi connectivity index (χ3v) is 0.800. The minimum atomic E-state index is -1.90. The van der Waals surface area contributed by atoms with Gasteiger partial charge in [-0.3, -0.25) is 0 Å². The first-order valence-corrected chi connectivity index (χ1v) is 2.36. The second-order valence-electron chi connectivity index (χ2n) is 0.859. The quantitative estimate of drug-likeness (QED) is 0.193. The van der Waals surface area contributed by atoms with E-state index in [1.807, 2.05) is 0 Å². The van der Waals surface area contributed by atoms with E-state index in [0.717, 1.165) is 3.98 Å². The average Bonchev–Trinajstić information content (AvgIpc) is 1.36. The summed E-state index contributed by atoms with van der Waals surface area (Å²) in [5.74, 6) is 0. The highest BCUT2D eigenvalue weighted by Crippen LogP contribution is 1.54. The second-order valence-corrected chi connectivity index (χ2v) is 1.94. The molecule has 0 spiro atoms. The summed E-state index contributed by atoms with van der Waals surface area (Å²) in [6, 6.07) is 0. The summed E-state index contributed by atoms with van der Waals surface area (Å²) in [7, 11) is -0.482. The summed E-state index contributed by atoms with van der Waals surface area (Å²) < 4.78 is 18.6. The van der Waals surface area contributed by atoms with Gasteiger partial charge in [0.15, 0.2) is 0 Å². The zero-order valence-electron chi connectivity index (χ0n) is 3.42. The topological polar surface area (TPSA) is 41.5 Å². The Morgan fingerprint density at radius 3 is 2.17 bits per heavy atom. The molecule has 0 saturated carbocycles. The number of nitrogens with zero attached hydrogens (tertiary/aromatic N) is 1. The molecule has 36 valence electrons. The SMILES string of the molecule is C=[N+](C)[S-](=O)=[OH+]. The molecule has 0 aromatic heterocycles. The summed E-state index contributed by atoms with van der Waals surface area (Å²) in [4.78, 5) is 0. The van der Waals surface area contributed by atoms with Crippen molar-refractivity contribution in [1.29, 1.82) is 0 Å². The molecule has 0 aromatic carbocycles. The van der Waals surface area contributed by atoms with Crippen molar-refractivity contribution in [3.05, 3.63) is 0 Å². The van der Waals surface area contributed by atoms with E-state index in [2.05, 4.69) is 6.72 Å². The fourth-order valence-corrected chi connectivity index (χ4v) is 0. The maximum absolute atomic E-state index is 9.67. The van der Waals surface area contributed by atoms with Crippen molar-refractivity contribution in [2.75, 3.05) is 7.05 Å². The van der Waals surface area contributed by atoms with E-state index >= 15 is 0 Å². The van der Waals surface area contributed by atoms with Crippen LogP contribution in [-0.2, 0) is 15.1 Å². The summed E-state index contributed by atoms with van der Waals surface area (Å²) in [6.07, 6.45) is 0. The fourth-order valence-electron chi connectivity index (χ4n) is 0. The van der Waals surface area contributed by atoms with Crippen molar-refractivity contribution in [1.82, 2.24) is 0 Å². The van der Waals surface area contributed by atoms with Crippen molar-refractivity contribution < 1.29 is 12.4 Å². The highest BCUT2D eigenvalue weighted by molar-refractivity contribution is 7.65. The lowest BCUT2D eigenvalue weighted by molar-refractivity contribution is -0.308. The Morgan fingerprint density at radius 2 is 2.17 bits per heavy atom. The molecule has 0 bridgehead atoms. The van der Waals surface area contributed by atoms with Gasteiger partial charge in [-0.05, 0) is 0 Å². The van der Waals surface area contributed by atoms with Crippen molar-refractivity contribution in [2.45, 2.75) is 0 Å². The first kappa shape index (κ1) is 5.62. The summed E-state index contributed by atoms with van der Waals surface area (Å²) in [5, 5.41) is 0. The van der Waals surface area contributed by atoms with E-state index in [9.17, 15) is 4.21 Å². The molecule has 0 aliphatic carbocycles. The Bertz CT molecular complexity index is 118. The summed E-state index contributed by atoms with van der Waals surface area (Å²) >= 11 is 0. The second kappa shape index (κ2) is 1.92. The molecule has 0 amide bonds. The average molecular weight is 108 g/mol. The van der Waals surface area contributed by atoms with E-state index in [1.54, 1.807) is 0 Å². The molecule has 0 aromatic rings. The van der Waals surface area contributed by atoms with Crippen LogP contribution in [0.1, 0.15) is 0 Å². The zero-order valence-corrected chi connectivity index (χ0v) is 4.23. The molecular formula is C2H6NO2S+. The highest BCUT2D eigenvalue weighted by Gasteiger charge is 1.79. The van der Waals surface area contributed by atoms with Gasteiger partial charge in [0.2, 0.25) is 0 Å². The van der Waals surface area contributed by atoms with Gasteiger partial charge in [-0.25, -0.2) is 3.98 Å². The minimum absolute atomic E-state index is 0.944. The zero-order chi connectivity index (χ0) is 5.15. The third-order valence-electron chi connectivity index (χ3n) is 0.267. The van der Waals surface area contributed by atoms with Crippen LogP contribution in [0.3, 0.4) is 0 Å². The molecule has 0 heterocycles. The van der Waals surface area contributed by atoms with Crippen molar-refractivity contribution in [3.8, 4) is 0 Å². The van der Waals surface area contributed by atoms with Crippen LogP contribution in [0.5, 0.6) is 0 Å². The Hall–Kier alpha value is -0.380. The third kappa shape index (κ3) is 1.90. The molecule has 0 radical (unpaired) electrons. The van der Waals surface area contributed by atoms with Crippen LogP contribution < -0.4 is 0 Å². The van der Waals surface area contributed by atoms with Crippen LogP contribution in [0.4, 0.5) is 0 Å². The maximum Gasteiger partial charge on any atom is 0.399 e. The van der Waals surface area contributed by atoms with Gasteiger partial charge in [-0.1, -0.05) is 0 Å². The van der Waals surface area contributed by atoms with Crippen molar-refractivity contribution >= 4 is 17.6 Å². The van der Waals surface area contributed by atoms with Gasteiger partial charge in [-0.15, -0.1) is 0 Å². The maximum atomic E-state index is 9.67. The van der Waals surface area contributed by atoms with Crippen molar-refractivity contribution in [3.63, 3.8) is 0 Å². The van der Waals surface area contributed by atoms with Gasteiger partial charge in [0.05, 0.1) is 0 Å². The molecule has 0 atom stereocenters. The first-order chi connectivity index (χ1) is 2.64. The largest absolute Gasteiger partial charge is 0.399 e. The molecule has 1 N–H and O–H groups in total. The predicted molar refractivity (Wildman–Crippen MR) is 23.3 cm³/mol. The van der Waals surface area contributed by atoms with Gasteiger partial charge >= 0.3 is 10.9 Å². The summed E-state index contributed by atoms with van der Waals surface area (Å²) in [6.45, 7) is 3.12. The Kier molecular flexibility index (Phi) is 1.80. The van der Waals surface area contributed by atoms with Crippen LogP contribution in [0.25, 0.3) is 0 Å². The molecular weight excluding hydrogens is 102 g/mol. The van der Waals surface area contributed by atoms with E-state index in [0.29, 0.717) is 0 Å². The lowest BCUT2D eigenvalue weighted by Crippen LogP contribution is -1.94. The predicted octanol–water partition coefficient (Wildman–Crippen LogP) is -0.504. The van der Waals surface area contributed by atoms with Gasteiger partial charge in [0, 0.05) is 0 Å². The molecule has 0 aliphatic rings. The molecule has 4 heteroatoms. The first-order valence-electron chi connectivity index (χ1n) is 1.30. The number of hydrogen-bond donors (Lipinski definition) is 0. The lowest BCUT2D eigenvalue weighted by atomic mass is 11.4. The Balaban J connectivity index is 3.94. The molecule has 6 heavy (non-hydrogen) atoms. The Labute approximate surface area is 38.0 Å². The van der Waals surface area contributed by atoms with Crippen LogP contribution in [-0.4, -0.2) is 22.0 Å². The molecule has 0 saturated heterocycles. The van der Waals surface area contributed by atoms with E-state index in [4.69, 9.17) is 4.21 Å². The Morgan fingerprint density at radius 1 is 2.00 bits per heavy atom. The van der Waals surface area contributed by atoms with Gasteiger partial charge < -0.3 is 8.42 Å². The minimum Gasteiger partial charge on any atom is -0.317 e. The number of hydrogen-bond acceptors (Lipinski definition) is 2. The van der Waals surface area contributed by atoms with Crippen LogP contribution in [0, 0.1) is 0 Å². The normalized spacial score (nSPS) is 9.00. The van der Waals surface area contributed by atoms with Crippen LogP contribution in [0.15, 0.2) is 0 Å². The molecule has 0 unspecified atom stereocenters. The van der Waals surface area contributed by atoms with E-state index < -0.39 is 10.9 Å². The van der Waals surface area contributed by atoms with Gasteiger partial charge in [0.1, 0.15) is 13.8 Å². The molecule has 0 fully saturated rings. The van der Waals surface area contributed by atoms with Crippen LogP contribution >= 0.6 is 0 Å². The van der Waals surface area contributed by atoms with Crippen LogP contribution in [0.2, 0.25) is 0 Å². The van der Waals surface area contributed by atoms with Crippen molar-refractivity contribution in [2.24, 2.45) is 0 Å². The molecule has 3 nitrogen and oxygen atoms in total. The highest BCUT2D eigenvalue weighted by atomic mass is 32.2. The van der Waals surface area contributed by atoms with E-state index in [-0.39, 0.29) is 0 Å². The summed E-state index contributed by atoms with van der Waals surface area (Å²) in [5.41, 5.74) is 0. The molecule has 0 rings (SSSR count). The van der Waals surface area contributed by atoms with Gasteiger partial charge in [0.25, 0.3) is 0 Å². The fraction of sp³-hybridized carbons (Fsp3) is 0.500. The van der Waals surface area contributed by atoms with Gasteiger partial charge in [-0.2, -0.15) is 0 Å². The number of rotatable bonds is 1. The molecule has 0 aliphatic heterocycles. The monoisotopic (exact) mass is 108 g/mol. The smallest absolute Gasteiger partial charge is 0.317 e. The van der Waals surface area contributed by atoms with E-state index in [1.165, 1.54) is 7.05 Å². The lowest BCUT2D eigenvalue weighted by Gasteiger charge is -1.73.